The number of benzene rings is 1. The zero-order valence-electron chi connectivity index (χ0n) is 14.9. The van der Waals surface area contributed by atoms with E-state index in [2.05, 4.69) is 0 Å². The standard InChI is InChI=1S/C17H15ClF3N3O5/c1-9(26)16(4-5-16)29-15(28)11-6-10(2-3-12(11)18)24(22)13(17(19,20)21)7-14(27)23-8-25/h2-3,6-8H,4-5,22H2,1H3,(H,23,25,27)/b13-7-. The number of halogens is 4. The first kappa shape index (κ1) is 22.4. The summed E-state index contributed by atoms with van der Waals surface area (Å²) < 4.78 is 45.1. The lowest BCUT2D eigenvalue weighted by Gasteiger charge is -2.24. The third-order valence-corrected chi connectivity index (χ3v) is 4.43. The number of carbonyl (C=O) groups is 4. The highest BCUT2D eigenvalue weighted by Gasteiger charge is 2.51. The number of carbonyl (C=O) groups excluding carboxylic acids is 4. The van der Waals surface area contributed by atoms with Crippen molar-refractivity contribution in [1.29, 1.82) is 0 Å². The van der Waals surface area contributed by atoms with Crippen LogP contribution in [0, 0.1) is 0 Å². The average Bonchev–Trinajstić information content (AvgIpc) is 3.39. The maximum atomic E-state index is 13.3. The molecule has 29 heavy (non-hydrogen) atoms. The molecule has 0 radical (unpaired) electrons. The fourth-order valence-electron chi connectivity index (χ4n) is 2.34. The van der Waals surface area contributed by atoms with E-state index >= 15 is 0 Å². The van der Waals surface area contributed by atoms with E-state index in [1.54, 1.807) is 0 Å². The van der Waals surface area contributed by atoms with Crippen molar-refractivity contribution in [3.63, 3.8) is 0 Å². The lowest BCUT2D eigenvalue weighted by Crippen LogP contribution is -2.39. The quantitative estimate of drug-likeness (QED) is 0.222. The number of ether oxygens (including phenoxy) is 1. The van der Waals surface area contributed by atoms with Crippen LogP contribution in [0.5, 0.6) is 0 Å². The Labute approximate surface area is 167 Å². The number of hydrazine groups is 1. The van der Waals surface area contributed by atoms with Crippen LogP contribution in [0.15, 0.2) is 30.0 Å². The number of hydrogen-bond donors (Lipinski definition) is 2. The maximum absolute atomic E-state index is 13.3. The molecule has 1 aromatic carbocycles. The minimum atomic E-state index is -5.07. The number of rotatable bonds is 7. The lowest BCUT2D eigenvalue weighted by molar-refractivity contribution is -0.127. The Hall–Kier alpha value is -2.92. The number of nitrogens with two attached hydrogens (primary N) is 1. The Kier molecular flexibility index (Phi) is 6.34. The number of nitrogens with zero attached hydrogens (tertiary/aromatic N) is 1. The highest BCUT2D eigenvalue weighted by atomic mass is 35.5. The van der Waals surface area contributed by atoms with Crippen LogP contribution >= 0.6 is 11.6 Å². The minimum Gasteiger partial charge on any atom is -0.447 e. The van der Waals surface area contributed by atoms with E-state index in [0.717, 1.165) is 18.2 Å². The first-order valence-corrected chi connectivity index (χ1v) is 8.41. The Morgan fingerprint density at radius 1 is 1.31 bits per heavy atom. The number of nitrogens with one attached hydrogen (secondary N) is 1. The summed E-state index contributed by atoms with van der Waals surface area (Å²) in [5, 5.41) is 1.50. The molecule has 12 heteroatoms. The molecule has 1 aliphatic carbocycles. The number of allylic oxidation sites excluding steroid dienone is 1. The molecule has 1 aromatic rings. The van der Waals surface area contributed by atoms with Crippen LogP contribution in [-0.2, 0) is 19.1 Å². The molecule has 1 fully saturated rings. The number of amides is 2. The van der Waals surface area contributed by atoms with Gasteiger partial charge in [0.1, 0.15) is 5.70 Å². The van der Waals surface area contributed by atoms with Crippen molar-refractivity contribution in [3.8, 4) is 0 Å². The summed E-state index contributed by atoms with van der Waals surface area (Å²) >= 11 is 5.93. The van der Waals surface area contributed by atoms with Gasteiger partial charge in [0.15, 0.2) is 11.4 Å². The second-order valence-electron chi connectivity index (χ2n) is 6.13. The second kappa shape index (κ2) is 8.21. The highest BCUT2D eigenvalue weighted by molar-refractivity contribution is 6.33. The predicted molar refractivity (Wildman–Crippen MR) is 94.5 cm³/mol. The molecule has 156 valence electrons. The zero-order chi connectivity index (χ0) is 22.0. The second-order valence-corrected chi connectivity index (χ2v) is 6.54. The molecule has 0 bridgehead atoms. The molecular weight excluding hydrogens is 419 g/mol. The number of hydrogen-bond acceptors (Lipinski definition) is 7. The summed E-state index contributed by atoms with van der Waals surface area (Å²) in [6.45, 7) is 1.25. The van der Waals surface area contributed by atoms with Gasteiger partial charge in [0.05, 0.1) is 16.3 Å². The molecule has 1 aliphatic rings. The number of imide groups is 1. The summed E-state index contributed by atoms with van der Waals surface area (Å²) in [4.78, 5) is 45.5. The van der Waals surface area contributed by atoms with E-state index in [9.17, 15) is 32.3 Å². The fourth-order valence-corrected chi connectivity index (χ4v) is 2.54. The Morgan fingerprint density at radius 3 is 2.41 bits per heavy atom. The van der Waals surface area contributed by atoms with Gasteiger partial charge < -0.3 is 4.74 Å². The lowest BCUT2D eigenvalue weighted by atomic mass is 10.1. The van der Waals surface area contributed by atoms with Gasteiger partial charge in [-0.05, 0) is 38.0 Å². The minimum absolute atomic E-state index is 0.0793. The van der Waals surface area contributed by atoms with Crippen LogP contribution in [0.3, 0.4) is 0 Å². The van der Waals surface area contributed by atoms with Gasteiger partial charge in [0.25, 0.3) is 5.91 Å². The number of alkyl halides is 3. The Bertz CT molecular complexity index is 897. The Morgan fingerprint density at radius 2 is 1.93 bits per heavy atom. The topological polar surface area (TPSA) is 119 Å². The van der Waals surface area contributed by atoms with Crippen molar-refractivity contribution in [2.24, 2.45) is 5.84 Å². The van der Waals surface area contributed by atoms with E-state index < -0.39 is 29.4 Å². The third-order valence-electron chi connectivity index (χ3n) is 4.10. The first-order chi connectivity index (χ1) is 13.4. The molecule has 0 atom stereocenters. The largest absolute Gasteiger partial charge is 0.447 e. The van der Waals surface area contributed by atoms with Gasteiger partial charge in [-0.3, -0.25) is 24.7 Å². The molecule has 2 amide bonds. The maximum Gasteiger partial charge on any atom is 0.433 e. The third kappa shape index (κ3) is 5.12. The van der Waals surface area contributed by atoms with Crippen LogP contribution in [-0.4, -0.2) is 35.8 Å². The van der Waals surface area contributed by atoms with E-state index in [4.69, 9.17) is 22.2 Å². The van der Waals surface area contributed by atoms with Crippen LogP contribution in [0.25, 0.3) is 0 Å². The monoisotopic (exact) mass is 433 g/mol. The zero-order valence-corrected chi connectivity index (χ0v) is 15.6. The van der Waals surface area contributed by atoms with Gasteiger partial charge in [0.2, 0.25) is 6.41 Å². The van der Waals surface area contributed by atoms with Gasteiger partial charge in [-0.15, -0.1) is 0 Å². The summed E-state index contributed by atoms with van der Waals surface area (Å²) in [5.41, 5.74) is -3.52. The van der Waals surface area contributed by atoms with Crippen LogP contribution in [0.2, 0.25) is 5.02 Å². The van der Waals surface area contributed by atoms with E-state index in [1.807, 2.05) is 0 Å². The average molecular weight is 434 g/mol. The Balaban J connectivity index is 2.37. The summed E-state index contributed by atoms with van der Waals surface area (Å²) in [5.74, 6) is 2.79. The summed E-state index contributed by atoms with van der Waals surface area (Å²) in [6, 6.07) is 3.12. The van der Waals surface area contributed by atoms with Crippen LogP contribution in [0.4, 0.5) is 18.9 Å². The molecule has 8 nitrogen and oxygen atoms in total. The summed E-state index contributed by atoms with van der Waals surface area (Å²) in [7, 11) is 0. The molecule has 0 aromatic heterocycles. The fraction of sp³-hybridized carbons (Fsp3) is 0.294. The summed E-state index contributed by atoms with van der Waals surface area (Å²) in [6.07, 6.45) is -4.41. The normalized spacial score (nSPS) is 15.3. The molecule has 0 spiro atoms. The van der Waals surface area contributed by atoms with Crippen molar-refractivity contribution in [3.05, 3.63) is 40.6 Å². The molecule has 1 saturated carbocycles. The highest BCUT2D eigenvalue weighted by Crippen LogP contribution is 2.41. The first-order valence-electron chi connectivity index (χ1n) is 8.03. The van der Waals surface area contributed by atoms with Gasteiger partial charge in [-0.25, -0.2) is 10.6 Å². The van der Waals surface area contributed by atoms with Gasteiger partial charge in [0, 0.05) is 6.08 Å². The van der Waals surface area contributed by atoms with Crippen molar-refractivity contribution in [2.75, 3.05) is 5.01 Å². The van der Waals surface area contributed by atoms with E-state index in [-0.39, 0.29) is 39.6 Å². The van der Waals surface area contributed by atoms with Crippen LogP contribution < -0.4 is 16.2 Å². The smallest absolute Gasteiger partial charge is 0.433 e. The molecular formula is C17H15ClF3N3O5. The number of esters is 1. The van der Waals surface area contributed by atoms with Gasteiger partial charge >= 0.3 is 12.1 Å². The van der Waals surface area contributed by atoms with E-state index in [1.165, 1.54) is 12.2 Å². The van der Waals surface area contributed by atoms with Crippen molar-refractivity contribution in [1.82, 2.24) is 5.32 Å². The molecule has 0 saturated heterocycles. The van der Waals surface area contributed by atoms with Gasteiger partial charge in [-0.1, -0.05) is 11.6 Å². The van der Waals surface area contributed by atoms with E-state index in [0.29, 0.717) is 12.8 Å². The number of ketones is 1. The van der Waals surface area contributed by atoms with Gasteiger partial charge in [-0.2, -0.15) is 13.2 Å². The molecule has 2 rings (SSSR count). The molecule has 0 heterocycles. The molecule has 3 N–H and O–H groups in total. The van der Waals surface area contributed by atoms with Crippen molar-refractivity contribution < 1.29 is 37.1 Å². The van der Waals surface area contributed by atoms with Crippen molar-refractivity contribution >= 4 is 41.4 Å². The SMILES string of the molecule is CC(=O)C1(OC(=O)c2cc(N(N)/C(=C\C(=O)NC=O)C(F)(F)F)ccc2Cl)CC1. The number of anilines is 1. The van der Waals surface area contributed by atoms with Crippen LogP contribution in [0.1, 0.15) is 30.1 Å². The predicted octanol–water partition coefficient (Wildman–Crippen LogP) is 2.02. The number of Topliss-reactive ketones (excluding diaryl/α,β-unsaturated/α-hetero) is 1. The van der Waals surface area contributed by atoms with Crippen molar-refractivity contribution in [2.45, 2.75) is 31.5 Å². The molecule has 0 unspecified atom stereocenters. The molecule has 0 aliphatic heterocycles.